The Hall–Kier alpha value is -3.67. The summed E-state index contributed by atoms with van der Waals surface area (Å²) in [5.41, 5.74) is 17.2. The van der Waals surface area contributed by atoms with Gasteiger partial charge in [-0.15, -0.1) is 0 Å². The molecule has 0 aromatic heterocycles. The summed E-state index contributed by atoms with van der Waals surface area (Å²) in [5, 5.41) is 0. The molecule has 0 radical (unpaired) electrons. The maximum atomic E-state index is 2.46. The van der Waals surface area contributed by atoms with Crippen LogP contribution in [0.2, 0.25) is 0 Å². The Morgan fingerprint density at radius 1 is 0.571 bits per heavy atom. The topological polar surface area (TPSA) is 0 Å². The van der Waals surface area contributed by atoms with Crippen molar-refractivity contribution in [1.82, 2.24) is 0 Å². The fourth-order valence-electron chi connectivity index (χ4n) is 7.13. The van der Waals surface area contributed by atoms with E-state index < -0.39 is 21.3 Å². The average Bonchev–Trinajstić information content (AvgIpc) is 3.65. The number of hydrogen-bond donors (Lipinski definition) is 0. The van der Waals surface area contributed by atoms with Gasteiger partial charge < -0.3 is 0 Å². The van der Waals surface area contributed by atoms with E-state index in [0.29, 0.717) is 3.63 Å². The Morgan fingerprint density at radius 2 is 1.10 bits per heavy atom. The summed E-state index contributed by atoms with van der Waals surface area (Å²) < 4.78 is 3.72. The van der Waals surface area contributed by atoms with Crippen LogP contribution in [0, 0.1) is 27.7 Å². The third kappa shape index (κ3) is 4.51. The molecule has 0 saturated carbocycles. The van der Waals surface area contributed by atoms with E-state index >= 15 is 0 Å². The van der Waals surface area contributed by atoms with Gasteiger partial charge in [0.05, 0.1) is 0 Å². The van der Waals surface area contributed by atoms with Crippen LogP contribution in [0.5, 0.6) is 0 Å². The van der Waals surface area contributed by atoms with Crippen molar-refractivity contribution in [2.24, 2.45) is 0 Å². The summed E-state index contributed by atoms with van der Waals surface area (Å²) in [6.45, 7) is 9.18. The van der Waals surface area contributed by atoms with E-state index in [1.54, 1.807) is 6.49 Å². The van der Waals surface area contributed by atoms with Crippen molar-refractivity contribution < 1.29 is 21.3 Å². The summed E-state index contributed by atoms with van der Waals surface area (Å²) in [6, 6.07) is 43.5. The third-order valence-electron chi connectivity index (χ3n) is 9.54. The van der Waals surface area contributed by atoms with Crippen LogP contribution in [0.4, 0.5) is 0 Å². The second-order valence-electron chi connectivity index (χ2n) is 11.7. The SMILES string of the molecule is Cc1cc(C2=[C]([Zr](=[C](c3ccccc3)c3ccccc3)[CH]3c4ccccc4-c4ccccc43)CC=C2)c(C)c(C)c1C. The molecule has 5 aromatic rings. The van der Waals surface area contributed by atoms with Crippen LogP contribution in [0.1, 0.15) is 60.1 Å². The molecule has 0 aliphatic heterocycles. The Balaban J connectivity index is 1.63. The summed E-state index contributed by atoms with van der Waals surface area (Å²) in [6.07, 6.45) is 5.93. The molecule has 204 valence electrons. The van der Waals surface area contributed by atoms with Gasteiger partial charge in [0.1, 0.15) is 0 Å². The average molecular weight is 620 g/mol. The molecule has 5 aromatic carbocycles. The van der Waals surface area contributed by atoms with E-state index in [-0.39, 0.29) is 0 Å². The monoisotopic (exact) mass is 618 g/mol. The molecule has 0 N–H and O–H groups in total. The molecular weight excluding hydrogens is 584 g/mol. The second-order valence-corrected chi connectivity index (χ2v) is 17.9. The zero-order valence-corrected chi connectivity index (χ0v) is 27.4. The van der Waals surface area contributed by atoms with Crippen LogP contribution in [-0.4, -0.2) is 3.21 Å². The molecule has 0 spiro atoms. The third-order valence-corrected chi connectivity index (χ3v) is 18.0. The van der Waals surface area contributed by atoms with Crippen molar-refractivity contribution in [3.8, 4) is 11.1 Å². The zero-order valence-electron chi connectivity index (χ0n) is 24.9. The minimum absolute atomic E-state index is 0.410. The van der Waals surface area contributed by atoms with Crippen molar-refractivity contribution in [3.63, 3.8) is 0 Å². The van der Waals surface area contributed by atoms with Gasteiger partial charge in [0, 0.05) is 0 Å². The van der Waals surface area contributed by atoms with E-state index in [0.717, 1.165) is 6.42 Å². The molecule has 1 heteroatoms. The van der Waals surface area contributed by atoms with E-state index in [1.807, 2.05) is 0 Å². The first-order valence-corrected chi connectivity index (χ1v) is 18.9. The van der Waals surface area contributed by atoms with Crippen LogP contribution >= 0.6 is 0 Å². The molecule has 42 heavy (non-hydrogen) atoms. The molecule has 0 amide bonds. The van der Waals surface area contributed by atoms with Crippen LogP contribution < -0.4 is 0 Å². The number of fused-ring (bicyclic) bond motifs is 3. The van der Waals surface area contributed by atoms with E-state index in [2.05, 4.69) is 155 Å². The first-order chi connectivity index (χ1) is 20.5. The first kappa shape index (κ1) is 27.2. The summed E-state index contributed by atoms with van der Waals surface area (Å²) in [7, 11) is 0. The van der Waals surface area contributed by atoms with Crippen molar-refractivity contribution in [3.05, 3.63) is 181 Å². The summed E-state index contributed by atoms with van der Waals surface area (Å²) in [5.74, 6) is 0. The molecular formula is C41H36Zr. The number of allylic oxidation sites excluding steroid dienone is 4. The van der Waals surface area contributed by atoms with Crippen LogP contribution in [0.3, 0.4) is 0 Å². The van der Waals surface area contributed by atoms with Crippen LogP contribution in [0.25, 0.3) is 16.7 Å². The molecule has 0 unspecified atom stereocenters. The predicted octanol–water partition coefficient (Wildman–Crippen LogP) is 10.2. The number of aryl methyl sites for hydroxylation is 1. The van der Waals surface area contributed by atoms with Crippen LogP contribution in [0.15, 0.2) is 131 Å². The van der Waals surface area contributed by atoms with Gasteiger partial charge in [-0.3, -0.25) is 0 Å². The van der Waals surface area contributed by atoms with Gasteiger partial charge in [0.2, 0.25) is 0 Å². The Labute approximate surface area is 258 Å². The second kappa shape index (κ2) is 11.2. The van der Waals surface area contributed by atoms with E-state index in [9.17, 15) is 0 Å². The van der Waals surface area contributed by atoms with Gasteiger partial charge in [-0.05, 0) is 0 Å². The molecule has 2 aliphatic rings. The van der Waals surface area contributed by atoms with Crippen molar-refractivity contribution >= 4 is 8.78 Å². The van der Waals surface area contributed by atoms with Crippen molar-refractivity contribution in [2.45, 2.75) is 37.7 Å². The fourth-order valence-corrected chi connectivity index (χ4v) is 16.6. The summed E-state index contributed by atoms with van der Waals surface area (Å²) in [4.78, 5) is 0. The van der Waals surface area contributed by atoms with Crippen LogP contribution in [-0.2, 0) is 21.3 Å². The quantitative estimate of drug-likeness (QED) is 0.184. The normalized spacial score (nSPS) is 13.8. The molecule has 2 aliphatic carbocycles. The minimum atomic E-state index is -2.81. The van der Waals surface area contributed by atoms with Gasteiger partial charge >= 0.3 is 260 Å². The van der Waals surface area contributed by atoms with Gasteiger partial charge in [0.25, 0.3) is 0 Å². The molecule has 0 saturated heterocycles. The fraction of sp³-hybridized carbons (Fsp3) is 0.146. The number of rotatable bonds is 5. The van der Waals surface area contributed by atoms with Gasteiger partial charge in [-0.1, -0.05) is 0 Å². The zero-order chi connectivity index (χ0) is 28.8. The number of benzene rings is 5. The standard InChI is InChI=1S/C15H17.C13H9.C13H10.Zr/c1-10-9-15(14-7-5-6-8-14)13(4)12(3)11(10)2;1-3-7-12-10(5-1)9-11-6-2-4-8-13(11)12;1-3-7-12(8-4-1)11-13-9-5-2-6-10-13;/h5,7,9H,6H2,1-4H3;1-9H;1-10H;. The molecule has 0 fully saturated rings. The predicted molar refractivity (Wildman–Crippen MR) is 176 cm³/mol. The molecule has 0 heterocycles. The van der Waals surface area contributed by atoms with Crippen molar-refractivity contribution in [2.75, 3.05) is 0 Å². The Kier molecular flexibility index (Phi) is 7.25. The maximum absolute atomic E-state index is 2.81. The molecule has 7 rings (SSSR count). The number of hydrogen-bond acceptors (Lipinski definition) is 0. The summed E-state index contributed by atoms with van der Waals surface area (Å²) >= 11 is -2.81. The van der Waals surface area contributed by atoms with E-state index in [1.165, 1.54) is 66.8 Å². The van der Waals surface area contributed by atoms with Crippen molar-refractivity contribution in [1.29, 1.82) is 0 Å². The van der Waals surface area contributed by atoms with E-state index in [4.69, 9.17) is 0 Å². The molecule has 0 atom stereocenters. The Morgan fingerprint density at radius 3 is 1.67 bits per heavy atom. The van der Waals surface area contributed by atoms with Gasteiger partial charge in [-0.2, -0.15) is 0 Å². The Bertz CT molecular complexity index is 1830. The van der Waals surface area contributed by atoms with Gasteiger partial charge in [0.15, 0.2) is 0 Å². The molecule has 0 nitrogen and oxygen atoms in total. The molecule has 0 bridgehead atoms. The first-order valence-electron chi connectivity index (χ1n) is 15.1. The van der Waals surface area contributed by atoms with Gasteiger partial charge in [-0.25, -0.2) is 0 Å².